The Labute approximate surface area is 86.2 Å². The highest BCUT2D eigenvalue weighted by atomic mass is 35.5. The molecule has 74 valence electrons. The third-order valence-corrected chi connectivity index (χ3v) is 2.20. The van der Waals surface area contributed by atoms with Crippen LogP contribution in [0.3, 0.4) is 0 Å². The van der Waals surface area contributed by atoms with Crippen molar-refractivity contribution in [1.29, 1.82) is 0 Å². The van der Waals surface area contributed by atoms with Gasteiger partial charge in [-0.15, -0.1) is 0 Å². The van der Waals surface area contributed by atoms with Gasteiger partial charge in [-0.25, -0.2) is 4.98 Å². The summed E-state index contributed by atoms with van der Waals surface area (Å²) in [5.41, 5.74) is 0.534. The minimum atomic E-state index is -0.448. The SMILES string of the molecule is CC[C@@H]1Oc2ncc(Cl)cc2NC1=O. The molecule has 0 aliphatic carbocycles. The Bertz CT molecular complexity index is 381. The molecule has 2 heterocycles. The van der Waals surface area contributed by atoms with Crippen molar-refractivity contribution in [2.24, 2.45) is 0 Å². The number of aromatic nitrogens is 1. The van der Waals surface area contributed by atoms with E-state index in [9.17, 15) is 4.79 Å². The smallest absolute Gasteiger partial charge is 0.265 e. The maximum Gasteiger partial charge on any atom is 0.265 e. The van der Waals surface area contributed by atoms with Gasteiger partial charge in [-0.2, -0.15) is 0 Å². The zero-order valence-electron chi connectivity index (χ0n) is 7.58. The molecule has 0 bridgehead atoms. The lowest BCUT2D eigenvalue weighted by Crippen LogP contribution is -2.36. The number of nitrogens with one attached hydrogen (secondary N) is 1. The maximum absolute atomic E-state index is 11.4. The van der Waals surface area contributed by atoms with E-state index in [0.717, 1.165) is 0 Å². The van der Waals surface area contributed by atoms with Crippen molar-refractivity contribution in [3.8, 4) is 5.88 Å². The molecular formula is C9H9ClN2O2. The predicted molar refractivity (Wildman–Crippen MR) is 52.6 cm³/mol. The number of carbonyl (C=O) groups excluding carboxylic acids is 1. The van der Waals surface area contributed by atoms with Crippen LogP contribution in [0.1, 0.15) is 13.3 Å². The molecule has 0 aromatic carbocycles. The standard InChI is InChI=1S/C9H9ClN2O2/c1-2-7-8(13)12-6-3-5(10)4-11-9(6)14-7/h3-4,7H,2H2,1H3,(H,12,13)/t7-/m0/s1. The summed E-state index contributed by atoms with van der Waals surface area (Å²) in [6.07, 6.45) is 1.66. The van der Waals surface area contributed by atoms with Gasteiger partial charge in [0.05, 0.1) is 5.02 Å². The fourth-order valence-corrected chi connectivity index (χ4v) is 1.44. The molecule has 1 atom stereocenters. The third-order valence-electron chi connectivity index (χ3n) is 1.99. The monoisotopic (exact) mass is 212 g/mol. The number of pyridine rings is 1. The number of amides is 1. The zero-order valence-corrected chi connectivity index (χ0v) is 8.34. The first-order chi connectivity index (χ1) is 6.70. The van der Waals surface area contributed by atoms with Crippen molar-refractivity contribution in [2.75, 3.05) is 5.32 Å². The minimum absolute atomic E-state index is 0.149. The Morgan fingerprint density at radius 3 is 3.21 bits per heavy atom. The van der Waals surface area contributed by atoms with Crippen molar-refractivity contribution < 1.29 is 9.53 Å². The van der Waals surface area contributed by atoms with Gasteiger partial charge in [0.1, 0.15) is 5.69 Å². The summed E-state index contributed by atoms with van der Waals surface area (Å²) in [5, 5.41) is 3.17. The largest absolute Gasteiger partial charge is 0.463 e. The summed E-state index contributed by atoms with van der Waals surface area (Å²) in [6, 6.07) is 1.62. The van der Waals surface area contributed by atoms with Crippen molar-refractivity contribution in [3.05, 3.63) is 17.3 Å². The molecule has 0 saturated carbocycles. The van der Waals surface area contributed by atoms with E-state index in [1.165, 1.54) is 6.20 Å². The van der Waals surface area contributed by atoms with Crippen molar-refractivity contribution >= 4 is 23.2 Å². The Hall–Kier alpha value is -1.29. The van der Waals surface area contributed by atoms with Crippen LogP contribution in [-0.2, 0) is 4.79 Å². The van der Waals surface area contributed by atoms with E-state index in [2.05, 4.69) is 10.3 Å². The molecule has 0 spiro atoms. The number of anilines is 1. The average molecular weight is 213 g/mol. The molecule has 0 fully saturated rings. The Balaban J connectivity index is 2.35. The molecule has 0 saturated heterocycles. The third kappa shape index (κ3) is 1.53. The van der Waals surface area contributed by atoms with E-state index >= 15 is 0 Å². The van der Waals surface area contributed by atoms with Gasteiger partial charge in [-0.1, -0.05) is 18.5 Å². The molecule has 2 rings (SSSR count). The predicted octanol–water partition coefficient (Wildman–Crippen LogP) is 1.84. The normalized spacial score (nSPS) is 19.6. The van der Waals surface area contributed by atoms with E-state index in [1.807, 2.05) is 6.92 Å². The van der Waals surface area contributed by atoms with Crippen LogP contribution in [0, 0.1) is 0 Å². The first-order valence-corrected chi connectivity index (χ1v) is 4.71. The number of halogens is 1. The van der Waals surface area contributed by atoms with E-state index in [1.54, 1.807) is 6.07 Å². The second-order valence-corrected chi connectivity index (χ2v) is 3.45. The lowest BCUT2D eigenvalue weighted by atomic mass is 10.2. The molecule has 1 amide bonds. The number of carbonyl (C=O) groups is 1. The fourth-order valence-electron chi connectivity index (χ4n) is 1.28. The minimum Gasteiger partial charge on any atom is -0.463 e. The molecule has 1 aliphatic rings. The quantitative estimate of drug-likeness (QED) is 0.773. The molecule has 5 heteroatoms. The number of ether oxygens (including phenoxy) is 1. The number of fused-ring (bicyclic) bond motifs is 1. The Morgan fingerprint density at radius 2 is 2.50 bits per heavy atom. The summed E-state index contributed by atoms with van der Waals surface area (Å²) in [7, 11) is 0. The molecule has 14 heavy (non-hydrogen) atoms. The molecule has 0 unspecified atom stereocenters. The van der Waals surface area contributed by atoms with Gasteiger partial charge in [0.15, 0.2) is 6.10 Å². The van der Waals surface area contributed by atoms with Crippen LogP contribution in [0.2, 0.25) is 5.02 Å². The van der Waals surface area contributed by atoms with Crippen LogP contribution < -0.4 is 10.1 Å². The highest BCUT2D eigenvalue weighted by Gasteiger charge is 2.26. The lowest BCUT2D eigenvalue weighted by Gasteiger charge is -2.23. The zero-order chi connectivity index (χ0) is 10.1. The number of hydrogen-bond donors (Lipinski definition) is 1. The fraction of sp³-hybridized carbons (Fsp3) is 0.333. The second kappa shape index (κ2) is 3.46. The first kappa shape index (κ1) is 9.27. The summed E-state index contributed by atoms with van der Waals surface area (Å²) in [4.78, 5) is 15.4. The van der Waals surface area contributed by atoms with Gasteiger partial charge in [-0.3, -0.25) is 4.79 Å². The molecule has 4 nitrogen and oxygen atoms in total. The van der Waals surface area contributed by atoms with Crippen molar-refractivity contribution in [1.82, 2.24) is 4.98 Å². The van der Waals surface area contributed by atoms with Gasteiger partial charge >= 0.3 is 0 Å². The van der Waals surface area contributed by atoms with Crippen LogP contribution in [0.25, 0.3) is 0 Å². The Kier molecular flexibility index (Phi) is 2.29. The van der Waals surface area contributed by atoms with E-state index < -0.39 is 6.10 Å². The van der Waals surface area contributed by atoms with Gasteiger partial charge in [0.25, 0.3) is 5.91 Å². The highest BCUT2D eigenvalue weighted by Crippen LogP contribution is 2.29. The van der Waals surface area contributed by atoms with Crippen molar-refractivity contribution in [2.45, 2.75) is 19.4 Å². The van der Waals surface area contributed by atoms with Crippen LogP contribution in [0.4, 0.5) is 5.69 Å². The molecule has 1 aliphatic heterocycles. The van der Waals surface area contributed by atoms with Crippen LogP contribution >= 0.6 is 11.6 Å². The Morgan fingerprint density at radius 1 is 1.71 bits per heavy atom. The maximum atomic E-state index is 11.4. The molecule has 1 aromatic heterocycles. The van der Waals surface area contributed by atoms with Crippen LogP contribution in [0.5, 0.6) is 5.88 Å². The highest BCUT2D eigenvalue weighted by molar-refractivity contribution is 6.30. The molecule has 0 radical (unpaired) electrons. The molecular weight excluding hydrogens is 204 g/mol. The average Bonchev–Trinajstić information content (AvgIpc) is 2.16. The second-order valence-electron chi connectivity index (χ2n) is 3.01. The summed E-state index contributed by atoms with van der Waals surface area (Å²) in [6.45, 7) is 1.88. The summed E-state index contributed by atoms with van der Waals surface area (Å²) < 4.78 is 5.37. The molecule has 1 N–H and O–H groups in total. The van der Waals surface area contributed by atoms with Gasteiger partial charge in [-0.05, 0) is 12.5 Å². The number of rotatable bonds is 1. The lowest BCUT2D eigenvalue weighted by molar-refractivity contribution is -0.123. The first-order valence-electron chi connectivity index (χ1n) is 4.33. The van der Waals surface area contributed by atoms with E-state index in [4.69, 9.17) is 16.3 Å². The van der Waals surface area contributed by atoms with Crippen molar-refractivity contribution in [3.63, 3.8) is 0 Å². The van der Waals surface area contributed by atoms with E-state index in [-0.39, 0.29) is 5.91 Å². The summed E-state index contributed by atoms with van der Waals surface area (Å²) >= 11 is 5.73. The van der Waals surface area contributed by atoms with Gasteiger partial charge in [0, 0.05) is 6.20 Å². The number of nitrogens with zero attached hydrogens (tertiary/aromatic N) is 1. The van der Waals surface area contributed by atoms with Gasteiger partial charge in [0.2, 0.25) is 5.88 Å². The van der Waals surface area contributed by atoms with E-state index in [0.29, 0.717) is 23.0 Å². The van der Waals surface area contributed by atoms with Gasteiger partial charge < -0.3 is 10.1 Å². The summed E-state index contributed by atoms with van der Waals surface area (Å²) in [5.74, 6) is 0.282. The number of hydrogen-bond acceptors (Lipinski definition) is 3. The van der Waals surface area contributed by atoms with Crippen LogP contribution in [-0.4, -0.2) is 17.0 Å². The topological polar surface area (TPSA) is 51.2 Å². The van der Waals surface area contributed by atoms with Crippen LogP contribution in [0.15, 0.2) is 12.3 Å². The molecule has 1 aromatic rings.